The van der Waals surface area contributed by atoms with Crippen LogP contribution >= 0.6 is 24.0 Å². The third kappa shape index (κ3) is 3.39. The molecule has 1 fully saturated rings. The summed E-state index contributed by atoms with van der Waals surface area (Å²) in [7, 11) is 0. The average molecular weight is 245 g/mol. The van der Waals surface area contributed by atoms with Crippen LogP contribution in [-0.4, -0.2) is 40.0 Å². The zero-order chi connectivity index (χ0) is 11.3. The summed E-state index contributed by atoms with van der Waals surface area (Å²) < 4.78 is 0.591. The van der Waals surface area contributed by atoms with Crippen LogP contribution in [0.3, 0.4) is 0 Å². The minimum absolute atomic E-state index is 0.0984. The van der Waals surface area contributed by atoms with Gasteiger partial charge >= 0.3 is 0 Å². The SMILES string of the molecule is O=CC(C=O)CCC(=O)N1CCSC1=S. The lowest BCUT2D eigenvalue weighted by Crippen LogP contribution is -2.30. The second-order valence-corrected chi connectivity index (χ2v) is 4.86. The molecule has 0 unspecified atom stereocenters. The number of aldehydes is 2. The summed E-state index contributed by atoms with van der Waals surface area (Å²) >= 11 is 6.46. The highest BCUT2D eigenvalue weighted by Crippen LogP contribution is 2.19. The minimum Gasteiger partial charge on any atom is -0.303 e. The highest BCUT2D eigenvalue weighted by Gasteiger charge is 2.24. The van der Waals surface area contributed by atoms with Crippen LogP contribution in [0.2, 0.25) is 0 Å². The summed E-state index contributed by atoms with van der Waals surface area (Å²) in [5, 5.41) is 0. The Kier molecular flexibility index (Phi) is 4.90. The summed E-state index contributed by atoms with van der Waals surface area (Å²) in [5.74, 6) is 0.0616. The molecule has 1 aliphatic rings. The van der Waals surface area contributed by atoms with Gasteiger partial charge in [-0.05, 0) is 6.42 Å². The number of hydrogen-bond donors (Lipinski definition) is 0. The standard InChI is InChI=1S/C9H11NO3S2/c11-5-7(6-12)1-2-8(13)10-3-4-15-9(10)14/h5-7H,1-4H2. The number of thioether (sulfide) groups is 1. The van der Waals surface area contributed by atoms with Crippen molar-refractivity contribution in [2.45, 2.75) is 12.8 Å². The molecule has 4 nitrogen and oxygen atoms in total. The van der Waals surface area contributed by atoms with E-state index in [1.165, 1.54) is 16.7 Å². The van der Waals surface area contributed by atoms with Crippen LogP contribution in [0.4, 0.5) is 0 Å². The van der Waals surface area contributed by atoms with Gasteiger partial charge in [0.25, 0.3) is 0 Å². The first-order chi connectivity index (χ1) is 7.19. The average Bonchev–Trinajstić information content (AvgIpc) is 2.66. The van der Waals surface area contributed by atoms with E-state index in [2.05, 4.69) is 0 Å². The van der Waals surface area contributed by atoms with E-state index >= 15 is 0 Å². The lowest BCUT2D eigenvalue weighted by Gasteiger charge is -2.14. The van der Waals surface area contributed by atoms with Gasteiger partial charge in [-0.1, -0.05) is 24.0 Å². The number of carbonyl (C=O) groups is 3. The van der Waals surface area contributed by atoms with Crippen LogP contribution in [0.1, 0.15) is 12.8 Å². The van der Waals surface area contributed by atoms with Gasteiger partial charge in [0, 0.05) is 18.7 Å². The van der Waals surface area contributed by atoms with Crippen molar-refractivity contribution in [3.63, 3.8) is 0 Å². The predicted octanol–water partition coefficient (Wildman–Crippen LogP) is 0.641. The lowest BCUT2D eigenvalue weighted by atomic mass is 10.1. The van der Waals surface area contributed by atoms with Gasteiger partial charge in [-0.25, -0.2) is 0 Å². The molecule has 1 rings (SSSR count). The molecule has 1 heterocycles. The van der Waals surface area contributed by atoms with Gasteiger partial charge in [0.15, 0.2) is 0 Å². The molecule has 82 valence electrons. The molecular formula is C9H11NO3S2. The molecule has 0 aromatic heterocycles. The quantitative estimate of drug-likeness (QED) is 0.404. The highest BCUT2D eigenvalue weighted by atomic mass is 32.2. The maximum Gasteiger partial charge on any atom is 0.228 e. The third-order valence-electron chi connectivity index (χ3n) is 2.10. The molecule has 0 spiro atoms. The summed E-state index contributed by atoms with van der Waals surface area (Å²) in [6.07, 6.45) is 1.60. The van der Waals surface area contributed by atoms with Gasteiger partial charge in [0.2, 0.25) is 5.91 Å². The van der Waals surface area contributed by atoms with Gasteiger partial charge in [-0.15, -0.1) is 0 Å². The summed E-state index contributed by atoms with van der Waals surface area (Å²) in [6, 6.07) is 0. The van der Waals surface area contributed by atoms with Gasteiger partial charge < -0.3 is 9.59 Å². The maximum absolute atomic E-state index is 11.6. The van der Waals surface area contributed by atoms with E-state index in [4.69, 9.17) is 12.2 Å². The van der Waals surface area contributed by atoms with E-state index in [9.17, 15) is 14.4 Å². The fraction of sp³-hybridized carbons (Fsp3) is 0.556. The second-order valence-electron chi connectivity index (χ2n) is 3.13. The summed E-state index contributed by atoms with van der Waals surface area (Å²) in [6.45, 7) is 0.634. The zero-order valence-electron chi connectivity index (χ0n) is 8.05. The van der Waals surface area contributed by atoms with Crippen molar-refractivity contribution >= 4 is 46.8 Å². The third-order valence-corrected chi connectivity index (χ3v) is 3.53. The van der Waals surface area contributed by atoms with Crippen molar-refractivity contribution in [1.29, 1.82) is 0 Å². The molecule has 0 atom stereocenters. The Bertz CT molecular complexity index is 285. The number of rotatable bonds is 5. The van der Waals surface area contributed by atoms with Crippen LogP contribution in [0.15, 0.2) is 0 Å². The van der Waals surface area contributed by atoms with E-state index in [0.717, 1.165) is 5.75 Å². The first-order valence-corrected chi connectivity index (χ1v) is 5.96. The van der Waals surface area contributed by atoms with Crippen molar-refractivity contribution in [1.82, 2.24) is 4.90 Å². The molecule has 1 aliphatic heterocycles. The molecule has 0 radical (unpaired) electrons. The fourth-order valence-corrected chi connectivity index (χ4v) is 2.45. The molecule has 0 aromatic carbocycles. The van der Waals surface area contributed by atoms with Crippen molar-refractivity contribution in [3.8, 4) is 0 Å². The Labute approximate surface area is 97.4 Å². The van der Waals surface area contributed by atoms with Gasteiger partial charge in [-0.2, -0.15) is 0 Å². The molecule has 1 saturated heterocycles. The van der Waals surface area contributed by atoms with E-state index in [1.807, 2.05) is 0 Å². The largest absolute Gasteiger partial charge is 0.303 e. The van der Waals surface area contributed by atoms with E-state index < -0.39 is 5.92 Å². The minimum atomic E-state index is -0.669. The van der Waals surface area contributed by atoms with Crippen molar-refractivity contribution in [2.24, 2.45) is 5.92 Å². The van der Waals surface area contributed by atoms with Gasteiger partial charge in [-0.3, -0.25) is 9.69 Å². The Morgan fingerprint density at radius 3 is 2.67 bits per heavy atom. The van der Waals surface area contributed by atoms with Gasteiger partial charge in [0.05, 0.1) is 5.92 Å². The van der Waals surface area contributed by atoms with Crippen molar-refractivity contribution in [3.05, 3.63) is 0 Å². The molecule has 6 heteroatoms. The number of amides is 1. The lowest BCUT2D eigenvalue weighted by molar-refractivity contribution is -0.127. The van der Waals surface area contributed by atoms with Crippen LogP contribution in [0.25, 0.3) is 0 Å². The number of carbonyl (C=O) groups excluding carboxylic acids is 3. The zero-order valence-corrected chi connectivity index (χ0v) is 9.68. The van der Waals surface area contributed by atoms with Crippen LogP contribution in [0, 0.1) is 5.92 Å². The number of thiocarbonyl (C=S) groups is 1. The second kappa shape index (κ2) is 5.97. The topological polar surface area (TPSA) is 54.5 Å². The summed E-state index contributed by atoms with van der Waals surface area (Å²) in [4.78, 5) is 33.8. The Balaban J connectivity index is 2.38. The highest BCUT2D eigenvalue weighted by molar-refractivity contribution is 8.23. The molecule has 0 N–H and O–H groups in total. The molecule has 0 saturated carbocycles. The molecule has 1 amide bonds. The first-order valence-electron chi connectivity index (χ1n) is 4.56. The molecular weight excluding hydrogens is 234 g/mol. The number of hydrogen-bond acceptors (Lipinski definition) is 5. The molecule has 15 heavy (non-hydrogen) atoms. The summed E-state index contributed by atoms with van der Waals surface area (Å²) in [5.41, 5.74) is 0. The van der Waals surface area contributed by atoms with Crippen molar-refractivity contribution in [2.75, 3.05) is 12.3 Å². The maximum atomic E-state index is 11.6. The number of nitrogens with zero attached hydrogens (tertiary/aromatic N) is 1. The predicted molar refractivity (Wildman–Crippen MR) is 61.6 cm³/mol. The van der Waals surface area contributed by atoms with Crippen LogP contribution in [0.5, 0.6) is 0 Å². The normalized spacial score (nSPS) is 15.8. The van der Waals surface area contributed by atoms with E-state index in [-0.39, 0.29) is 18.7 Å². The van der Waals surface area contributed by atoms with Crippen LogP contribution in [-0.2, 0) is 14.4 Å². The van der Waals surface area contributed by atoms with E-state index in [0.29, 0.717) is 23.4 Å². The van der Waals surface area contributed by atoms with Crippen LogP contribution < -0.4 is 0 Å². The Morgan fingerprint density at radius 2 is 2.20 bits per heavy atom. The first kappa shape index (κ1) is 12.3. The molecule has 0 bridgehead atoms. The Morgan fingerprint density at radius 1 is 1.53 bits per heavy atom. The van der Waals surface area contributed by atoms with Gasteiger partial charge in [0.1, 0.15) is 16.9 Å². The Hall–Kier alpha value is -0.750. The fourth-order valence-electron chi connectivity index (χ4n) is 1.21. The molecule has 0 aromatic rings. The smallest absolute Gasteiger partial charge is 0.228 e. The van der Waals surface area contributed by atoms with E-state index in [1.54, 1.807) is 0 Å². The molecule has 0 aliphatic carbocycles. The monoisotopic (exact) mass is 245 g/mol. The van der Waals surface area contributed by atoms with Crippen molar-refractivity contribution < 1.29 is 14.4 Å².